The molecule has 113 heavy (non-hydrogen) atoms. The molecule has 22 nitrogen and oxygen atoms in total. The molecular weight excluding hydrogens is 1400 g/mol. The molecule has 7 heterocycles. The summed E-state index contributed by atoms with van der Waals surface area (Å²) in [6.07, 6.45) is 7.77. The third-order valence-corrected chi connectivity index (χ3v) is 19.4. The van der Waals surface area contributed by atoms with E-state index in [1.165, 1.54) is 33.4 Å². The molecule has 0 radical (unpaired) electrons. The zero-order valence-electron chi connectivity index (χ0n) is 60.5. The molecule has 0 saturated carbocycles. The van der Waals surface area contributed by atoms with Crippen molar-refractivity contribution in [3.63, 3.8) is 0 Å². The zero-order chi connectivity index (χ0) is 75.8. The predicted molar refractivity (Wildman–Crippen MR) is 444 cm³/mol. The molecule has 540 valence electrons. The van der Waals surface area contributed by atoms with Gasteiger partial charge in [-0.3, -0.25) is 0 Å². The van der Waals surface area contributed by atoms with Crippen LogP contribution in [0.5, 0.6) is 0 Å². The van der Waals surface area contributed by atoms with E-state index in [1.54, 1.807) is 0 Å². The maximum absolute atomic E-state index is 4.28. The molecule has 0 aliphatic carbocycles. The number of aromatic amines is 4. The first-order valence-electron chi connectivity index (χ1n) is 36.5. The van der Waals surface area contributed by atoms with Gasteiger partial charge in [0, 0.05) is 60.2 Å². The van der Waals surface area contributed by atoms with Gasteiger partial charge in [-0.05, 0) is 153 Å². The molecule has 4 aromatic heterocycles. The Labute approximate surface area is 648 Å². The number of tetrazole rings is 4. The molecule has 0 saturated heterocycles. The molecule has 4 N–H and O–H groups in total. The summed E-state index contributed by atoms with van der Waals surface area (Å²) < 4.78 is 0. The minimum atomic E-state index is 0.572. The Morgan fingerprint density at radius 3 is 0.628 bits per heavy atom. The third kappa shape index (κ3) is 16.0. The molecule has 22 heteroatoms. The normalized spacial score (nSPS) is 12.4. The molecule has 16 aromatic rings. The van der Waals surface area contributed by atoms with Gasteiger partial charge in [-0.1, -0.05) is 322 Å². The van der Waals surface area contributed by atoms with Gasteiger partial charge in [0.25, 0.3) is 0 Å². The lowest BCUT2D eigenvalue weighted by Gasteiger charge is -2.19. The van der Waals surface area contributed by atoms with Crippen LogP contribution in [-0.2, 0) is 0 Å². The van der Waals surface area contributed by atoms with Crippen molar-refractivity contribution in [2.24, 2.45) is 30.6 Å². The molecule has 0 bridgehead atoms. The lowest BCUT2D eigenvalue weighted by molar-refractivity contribution is 0.881. The summed E-state index contributed by atoms with van der Waals surface area (Å²) in [5.41, 5.74) is 29.8. The Bertz CT molecular complexity index is 6010. The number of hydrogen-bond acceptors (Lipinski definition) is 18. The lowest BCUT2D eigenvalue weighted by atomic mass is 9.84. The number of hydrogen-bond donors (Lipinski definition) is 4. The number of benzene rings is 12. The Morgan fingerprint density at radius 2 is 0.434 bits per heavy atom. The van der Waals surface area contributed by atoms with Crippen molar-refractivity contribution in [2.75, 3.05) is 0 Å². The molecule has 12 aromatic carbocycles. The van der Waals surface area contributed by atoms with Crippen molar-refractivity contribution in [3.05, 3.63) is 405 Å². The fourth-order valence-electron chi connectivity index (χ4n) is 13.9. The summed E-state index contributed by atoms with van der Waals surface area (Å²) in [5, 5.41) is 82.4. The predicted octanol–water partition coefficient (Wildman–Crippen LogP) is 17.3. The molecular formula is C91H66N22. The van der Waals surface area contributed by atoms with Crippen LogP contribution in [0.25, 0.3) is 79.0 Å². The van der Waals surface area contributed by atoms with Crippen LogP contribution in [0, 0.1) is 0 Å². The maximum Gasteiger partial charge on any atom is 0.204 e. The minimum absolute atomic E-state index is 0.572. The van der Waals surface area contributed by atoms with Crippen molar-refractivity contribution < 1.29 is 0 Å². The van der Waals surface area contributed by atoms with E-state index in [0.717, 1.165) is 136 Å². The first kappa shape index (κ1) is 70.2. The minimum Gasteiger partial charge on any atom is -0.239 e. The van der Waals surface area contributed by atoms with Crippen molar-refractivity contribution in [3.8, 4) is 45.6 Å². The topological polar surface area (TPSA) is 292 Å². The fraction of sp³-hybridized carbons (Fsp3) is 0.0330. The average Bonchev–Trinajstić information content (AvgIpc) is 1.64. The largest absolute Gasteiger partial charge is 0.239 e. The average molecular weight is 1470 g/mol. The van der Waals surface area contributed by atoms with Gasteiger partial charge in [-0.2, -0.15) is 35.8 Å². The van der Waals surface area contributed by atoms with Crippen LogP contribution in [0.15, 0.2) is 352 Å². The maximum atomic E-state index is 4.28. The SMILES string of the molecule is C1=NN=C(c2ccc(C(=C(c3ccc(-c4nnn[nH]4)cc3)c3ccc(-c4nnn[nH]4)cc3)c3ccc(-c4nnn[nH]4)cc3)cc2)C1.C1=NN=C(c2ccc(C(=C(c3ccccc3)c3ccccc3)c3ccc(-c4nn[nH]n4)cc3)cc2)C1.C1=NN=C(c2ccc(C(=C(c3ccccc3)c3ccccc3)c3ccccc3)cc2)C1. The van der Waals surface area contributed by atoms with E-state index >= 15 is 0 Å². The monoisotopic (exact) mass is 1470 g/mol. The first-order chi connectivity index (χ1) is 56.1. The van der Waals surface area contributed by atoms with E-state index in [2.05, 4.69) is 374 Å². The quantitative estimate of drug-likeness (QED) is 0.0550. The molecule has 0 unspecified atom stereocenters. The molecule has 0 amide bonds. The molecule has 19 rings (SSSR count). The van der Waals surface area contributed by atoms with Gasteiger partial charge in [-0.25, -0.2) is 15.3 Å². The Balaban J connectivity index is 0.000000125. The number of rotatable bonds is 19. The first-order valence-corrected chi connectivity index (χ1v) is 36.5. The number of nitrogens with one attached hydrogen (secondary N) is 4. The van der Waals surface area contributed by atoms with Gasteiger partial charge in [0.15, 0.2) is 17.5 Å². The smallest absolute Gasteiger partial charge is 0.204 e. The zero-order valence-corrected chi connectivity index (χ0v) is 60.5. The van der Waals surface area contributed by atoms with E-state index in [0.29, 0.717) is 29.7 Å². The summed E-state index contributed by atoms with van der Waals surface area (Å²) in [6, 6.07) is 112. The molecule has 3 aliphatic rings. The molecule has 0 atom stereocenters. The van der Waals surface area contributed by atoms with E-state index in [-0.39, 0.29) is 0 Å². The van der Waals surface area contributed by atoms with Crippen molar-refractivity contribution >= 4 is 69.2 Å². The Kier molecular flexibility index (Phi) is 20.8. The number of H-pyrrole nitrogens is 4. The molecule has 0 spiro atoms. The molecule has 0 fully saturated rings. The van der Waals surface area contributed by atoms with Crippen molar-refractivity contribution in [2.45, 2.75) is 19.3 Å². The van der Waals surface area contributed by atoms with E-state index in [9.17, 15) is 0 Å². The van der Waals surface area contributed by atoms with Gasteiger partial charge >= 0.3 is 0 Å². The van der Waals surface area contributed by atoms with Gasteiger partial charge in [0.05, 0.1) is 17.1 Å². The second kappa shape index (κ2) is 33.5. The standard InChI is InChI=1S/C32H22N14.C30H22N6.C29H22N2/c1-3-20(4-2-19(1)27-17-18-33-34-27)28(21-5-11-24(12-6-21)30-35-41-42-36-30)29(22-7-13-25(14-8-22)31-37-43-44-38-31)23-9-15-26(16-10-23)32-39-45-46-40-32;1-3-7-22(8-4-1)28(23-9-5-2-6-10-23)29(24-13-11-21(12-14-24)27-19-20-31-32-27)25-15-17-26(18-16-25)30-33-35-36-34-30;1-4-10-23(11-5-1)28(24-12-6-2-7-13-24)29(25-14-8-3-9-15-25)26-18-16-22(17-19-26)27-20-21-30-31-27/h1-16,18H,17H2,(H,35,36,41,42)(H,37,38,43,44)(H,39,40,45,46);1-18,20H,19H2,(H,33,34,35,36);1-19,21H,20H2. The lowest BCUT2D eigenvalue weighted by Crippen LogP contribution is -2.01. The van der Waals surface area contributed by atoms with E-state index in [1.807, 2.05) is 79.3 Å². The van der Waals surface area contributed by atoms with Crippen LogP contribution in [0.1, 0.15) is 103 Å². The number of aromatic nitrogens is 16. The van der Waals surface area contributed by atoms with Crippen molar-refractivity contribution in [1.82, 2.24) is 82.5 Å². The van der Waals surface area contributed by atoms with Crippen LogP contribution >= 0.6 is 0 Å². The third-order valence-electron chi connectivity index (χ3n) is 19.4. The summed E-state index contributed by atoms with van der Waals surface area (Å²) in [4.78, 5) is 0. The van der Waals surface area contributed by atoms with Crippen LogP contribution < -0.4 is 0 Å². The second-order valence-corrected chi connectivity index (χ2v) is 26.3. The van der Waals surface area contributed by atoms with Crippen LogP contribution in [-0.4, -0.2) is 118 Å². The van der Waals surface area contributed by atoms with Gasteiger partial charge in [-0.15, -0.1) is 25.5 Å². The van der Waals surface area contributed by atoms with Gasteiger partial charge in [0.2, 0.25) is 5.82 Å². The number of nitrogens with zero attached hydrogens (tertiary/aromatic N) is 18. The summed E-state index contributed by atoms with van der Waals surface area (Å²) in [6.45, 7) is 0. The van der Waals surface area contributed by atoms with Gasteiger partial charge < -0.3 is 0 Å². The Hall–Kier alpha value is -15.8. The molecule has 3 aliphatic heterocycles. The summed E-state index contributed by atoms with van der Waals surface area (Å²) in [7, 11) is 0. The van der Waals surface area contributed by atoms with Crippen LogP contribution in [0.4, 0.5) is 0 Å². The van der Waals surface area contributed by atoms with E-state index in [4.69, 9.17) is 0 Å². The van der Waals surface area contributed by atoms with Crippen LogP contribution in [0.3, 0.4) is 0 Å². The summed E-state index contributed by atoms with van der Waals surface area (Å²) in [5.74, 6) is 2.35. The highest BCUT2D eigenvalue weighted by Gasteiger charge is 2.23. The van der Waals surface area contributed by atoms with Crippen molar-refractivity contribution in [1.29, 1.82) is 0 Å². The van der Waals surface area contributed by atoms with Gasteiger partial charge in [0.1, 0.15) is 0 Å². The fourth-order valence-corrected chi connectivity index (χ4v) is 13.9. The highest BCUT2D eigenvalue weighted by atomic mass is 15.5. The highest BCUT2D eigenvalue weighted by molar-refractivity contribution is 6.13. The highest BCUT2D eigenvalue weighted by Crippen LogP contribution is 2.42. The second-order valence-electron chi connectivity index (χ2n) is 26.3. The van der Waals surface area contributed by atoms with E-state index < -0.39 is 0 Å². The summed E-state index contributed by atoms with van der Waals surface area (Å²) >= 11 is 0. The Morgan fingerprint density at radius 1 is 0.212 bits per heavy atom. The van der Waals surface area contributed by atoms with Crippen LogP contribution in [0.2, 0.25) is 0 Å².